The van der Waals surface area contributed by atoms with Gasteiger partial charge in [0, 0.05) is 18.5 Å². The first-order valence-electron chi connectivity index (χ1n) is 5.02. The van der Waals surface area contributed by atoms with Gasteiger partial charge in [-0.3, -0.25) is 0 Å². The summed E-state index contributed by atoms with van der Waals surface area (Å²) in [5, 5.41) is 0.253. The summed E-state index contributed by atoms with van der Waals surface area (Å²) in [5.41, 5.74) is 0. The van der Waals surface area contributed by atoms with Crippen molar-refractivity contribution in [1.82, 2.24) is 9.88 Å². The highest BCUT2D eigenvalue weighted by molar-refractivity contribution is 6.27. The van der Waals surface area contributed by atoms with Gasteiger partial charge in [-0.05, 0) is 38.4 Å². The third-order valence-corrected chi connectivity index (χ3v) is 3.02. The first-order valence-corrected chi connectivity index (χ1v) is 5.40. The topological polar surface area (TPSA) is 29.3 Å². The van der Waals surface area contributed by atoms with Crippen LogP contribution in [0, 0.1) is 0 Å². The van der Waals surface area contributed by atoms with E-state index in [-0.39, 0.29) is 5.35 Å². The summed E-state index contributed by atoms with van der Waals surface area (Å²) in [6, 6.07) is 0.610. The molecule has 0 aromatic carbocycles. The molecule has 3 nitrogen and oxygen atoms in total. The van der Waals surface area contributed by atoms with Crippen molar-refractivity contribution >= 4 is 11.6 Å². The highest BCUT2D eigenvalue weighted by Crippen LogP contribution is 2.29. The Kier molecular flexibility index (Phi) is 2.79. The van der Waals surface area contributed by atoms with Gasteiger partial charge in [0.15, 0.2) is 0 Å². The highest BCUT2D eigenvalue weighted by Gasteiger charge is 2.27. The van der Waals surface area contributed by atoms with E-state index in [0.717, 1.165) is 25.3 Å². The minimum Gasteiger partial charge on any atom is -0.432 e. The second kappa shape index (κ2) is 3.91. The van der Waals surface area contributed by atoms with E-state index in [4.69, 9.17) is 16.0 Å². The van der Waals surface area contributed by atoms with Crippen LogP contribution in [0.2, 0.25) is 5.35 Å². The van der Waals surface area contributed by atoms with E-state index in [1.807, 2.05) is 0 Å². The molecule has 0 bridgehead atoms. The van der Waals surface area contributed by atoms with Crippen molar-refractivity contribution in [3.05, 3.63) is 17.3 Å². The summed E-state index contributed by atoms with van der Waals surface area (Å²) < 4.78 is 5.32. The molecule has 1 saturated heterocycles. The zero-order chi connectivity index (χ0) is 10.1. The Bertz CT molecular complexity index is 311. The number of rotatable bonds is 2. The standard InChI is InChI=1S/C10H15ClN2O/c1-7(2)13-4-3-8(6-13)9-5-12-10(11)14-9/h5,7-8H,3-4,6H2,1-2H3. The van der Waals surface area contributed by atoms with Gasteiger partial charge < -0.3 is 9.32 Å². The summed E-state index contributed by atoms with van der Waals surface area (Å²) in [5.74, 6) is 1.40. The monoisotopic (exact) mass is 214 g/mol. The first kappa shape index (κ1) is 9.99. The van der Waals surface area contributed by atoms with Crippen molar-refractivity contribution in [3.8, 4) is 0 Å². The van der Waals surface area contributed by atoms with Gasteiger partial charge in [0.1, 0.15) is 5.76 Å². The molecule has 2 rings (SSSR count). The Morgan fingerprint density at radius 1 is 1.64 bits per heavy atom. The fourth-order valence-corrected chi connectivity index (χ4v) is 2.08. The van der Waals surface area contributed by atoms with Crippen LogP contribution in [-0.2, 0) is 0 Å². The summed E-state index contributed by atoms with van der Waals surface area (Å²) >= 11 is 5.65. The highest BCUT2D eigenvalue weighted by atomic mass is 35.5. The minimum atomic E-state index is 0.253. The molecule has 0 N–H and O–H groups in total. The van der Waals surface area contributed by atoms with E-state index < -0.39 is 0 Å². The average Bonchev–Trinajstić information content (AvgIpc) is 2.70. The van der Waals surface area contributed by atoms with E-state index in [0.29, 0.717) is 12.0 Å². The van der Waals surface area contributed by atoms with Gasteiger partial charge in [0.2, 0.25) is 0 Å². The van der Waals surface area contributed by atoms with Gasteiger partial charge in [-0.2, -0.15) is 0 Å². The van der Waals surface area contributed by atoms with E-state index in [1.54, 1.807) is 6.20 Å². The quantitative estimate of drug-likeness (QED) is 0.758. The van der Waals surface area contributed by atoms with Crippen molar-refractivity contribution in [1.29, 1.82) is 0 Å². The molecule has 1 unspecified atom stereocenters. The Balaban J connectivity index is 2.02. The van der Waals surface area contributed by atoms with Gasteiger partial charge in [-0.15, -0.1) is 0 Å². The molecule has 0 spiro atoms. The number of oxazole rings is 1. The normalized spacial score (nSPS) is 23.6. The number of halogens is 1. The van der Waals surface area contributed by atoms with Gasteiger partial charge >= 0.3 is 0 Å². The third-order valence-electron chi connectivity index (χ3n) is 2.85. The molecule has 0 amide bonds. The van der Waals surface area contributed by atoms with Crippen molar-refractivity contribution in [2.45, 2.75) is 32.2 Å². The number of hydrogen-bond acceptors (Lipinski definition) is 3. The molecule has 1 fully saturated rings. The lowest BCUT2D eigenvalue weighted by molar-refractivity contribution is 0.269. The molecule has 0 aliphatic carbocycles. The number of nitrogens with zero attached hydrogens (tertiary/aromatic N) is 2. The van der Waals surface area contributed by atoms with Crippen LogP contribution in [0.25, 0.3) is 0 Å². The Morgan fingerprint density at radius 3 is 2.93 bits per heavy atom. The van der Waals surface area contributed by atoms with Crippen LogP contribution in [0.5, 0.6) is 0 Å². The largest absolute Gasteiger partial charge is 0.432 e. The van der Waals surface area contributed by atoms with E-state index >= 15 is 0 Å². The Labute approximate surface area is 89.1 Å². The van der Waals surface area contributed by atoms with Crippen molar-refractivity contribution in [2.24, 2.45) is 0 Å². The van der Waals surface area contributed by atoms with E-state index in [1.165, 1.54) is 0 Å². The smallest absolute Gasteiger partial charge is 0.292 e. The zero-order valence-corrected chi connectivity index (χ0v) is 9.29. The summed E-state index contributed by atoms with van der Waals surface area (Å²) in [6.07, 6.45) is 2.89. The molecule has 1 aromatic rings. The molecule has 4 heteroatoms. The third kappa shape index (κ3) is 1.93. The van der Waals surface area contributed by atoms with Crippen LogP contribution in [0.3, 0.4) is 0 Å². The Morgan fingerprint density at radius 2 is 2.43 bits per heavy atom. The fraction of sp³-hybridized carbons (Fsp3) is 0.700. The predicted molar refractivity (Wildman–Crippen MR) is 55.6 cm³/mol. The lowest BCUT2D eigenvalue weighted by Crippen LogP contribution is -2.27. The zero-order valence-electron chi connectivity index (χ0n) is 8.53. The van der Waals surface area contributed by atoms with Crippen molar-refractivity contribution in [2.75, 3.05) is 13.1 Å². The fourth-order valence-electron chi connectivity index (χ4n) is 1.94. The molecular weight excluding hydrogens is 200 g/mol. The summed E-state index contributed by atoms with van der Waals surface area (Å²) in [7, 11) is 0. The van der Waals surface area contributed by atoms with Crippen LogP contribution < -0.4 is 0 Å². The van der Waals surface area contributed by atoms with Gasteiger partial charge in [0.25, 0.3) is 5.35 Å². The number of hydrogen-bond donors (Lipinski definition) is 0. The van der Waals surface area contributed by atoms with E-state index in [9.17, 15) is 0 Å². The van der Waals surface area contributed by atoms with Gasteiger partial charge in [0.05, 0.1) is 6.20 Å². The maximum atomic E-state index is 5.65. The summed E-state index contributed by atoms with van der Waals surface area (Å²) in [4.78, 5) is 6.36. The van der Waals surface area contributed by atoms with Crippen LogP contribution >= 0.6 is 11.6 Å². The molecule has 0 saturated carbocycles. The number of likely N-dealkylation sites (tertiary alicyclic amines) is 1. The molecule has 2 heterocycles. The predicted octanol–water partition coefficient (Wildman–Crippen LogP) is 2.53. The lowest BCUT2D eigenvalue weighted by Gasteiger charge is -2.19. The second-order valence-electron chi connectivity index (χ2n) is 4.09. The van der Waals surface area contributed by atoms with Gasteiger partial charge in [-0.25, -0.2) is 4.98 Å². The van der Waals surface area contributed by atoms with Gasteiger partial charge in [-0.1, -0.05) is 0 Å². The average molecular weight is 215 g/mol. The van der Waals surface area contributed by atoms with E-state index in [2.05, 4.69) is 23.7 Å². The molecule has 1 atom stereocenters. The molecule has 1 aliphatic heterocycles. The molecule has 1 aromatic heterocycles. The van der Waals surface area contributed by atoms with Crippen molar-refractivity contribution in [3.63, 3.8) is 0 Å². The number of aromatic nitrogens is 1. The molecular formula is C10H15ClN2O. The maximum Gasteiger partial charge on any atom is 0.292 e. The molecule has 14 heavy (non-hydrogen) atoms. The van der Waals surface area contributed by atoms with Crippen LogP contribution in [0.15, 0.2) is 10.6 Å². The van der Waals surface area contributed by atoms with Crippen molar-refractivity contribution < 1.29 is 4.42 Å². The molecule has 0 radical (unpaired) electrons. The SMILES string of the molecule is CC(C)N1CCC(c2cnc(Cl)o2)C1. The van der Waals surface area contributed by atoms with Crippen LogP contribution in [0.4, 0.5) is 0 Å². The minimum absolute atomic E-state index is 0.253. The lowest BCUT2D eigenvalue weighted by atomic mass is 10.1. The molecule has 1 aliphatic rings. The first-order chi connectivity index (χ1) is 6.66. The maximum absolute atomic E-state index is 5.65. The summed E-state index contributed by atoms with van der Waals surface area (Å²) in [6.45, 7) is 6.63. The van der Waals surface area contributed by atoms with Crippen LogP contribution in [0.1, 0.15) is 31.9 Å². The molecule has 78 valence electrons. The van der Waals surface area contributed by atoms with Crippen LogP contribution in [-0.4, -0.2) is 29.0 Å². The Hall–Kier alpha value is -0.540. The second-order valence-corrected chi connectivity index (χ2v) is 4.41.